The highest BCUT2D eigenvalue weighted by Crippen LogP contribution is 2.34. The Balaban J connectivity index is 1.62. The molecule has 2 aromatic heterocycles. The van der Waals surface area contributed by atoms with Crippen LogP contribution in [0.4, 0.5) is 19.0 Å². The molecule has 3 heterocycles. The second kappa shape index (κ2) is 7.15. The number of pyridine rings is 1. The molecule has 1 saturated heterocycles. The van der Waals surface area contributed by atoms with Gasteiger partial charge in [-0.1, -0.05) is 0 Å². The van der Waals surface area contributed by atoms with Crippen molar-refractivity contribution in [3.8, 4) is 5.88 Å². The van der Waals surface area contributed by atoms with Crippen molar-refractivity contribution in [3.63, 3.8) is 0 Å². The minimum atomic E-state index is -4.40. The topological polar surface area (TPSA) is 51.1 Å². The van der Waals surface area contributed by atoms with Crippen molar-refractivity contribution in [2.75, 3.05) is 18.0 Å². The summed E-state index contributed by atoms with van der Waals surface area (Å²) in [6.07, 6.45) is 1.15. The molecule has 0 spiro atoms. The van der Waals surface area contributed by atoms with Gasteiger partial charge in [-0.05, 0) is 28.9 Å². The second-order valence-corrected chi connectivity index (χ2v) is 6.68. The zero-order chi connectivity index (χ0) is 18.0. The standard InChI is InChI=1S/C16H16BrF3N4O/c1-10-7-21-9-14(23-10)25-12-2-4-24(5-3-12)15-13(17)6-11(8-22-15)16(18,19)20/h6-9,12H,2-5H2,1H3. The van der Waals surface area contributed by atoms with Gasteiger partial charge in [0.2, 0.25) is 5.88 Å². The van der Waals surface area contributed by atoms with Gasteiger partial charge in [0.15, 0.2) is 0 Å². The summed E-state index contributed by atoms with van der Waals surface area (Å²) in [4.78, 5) is 14.2. The van der Waals surface area contributed by atoms with Gasteiger partial charge in [-0.3, -0.25) is 4.98 Å². The molecular formula is C16H16BrF3N4O. The average Bonchev–Trinajstić information content (AvgIpc) is 2.55. The SMILES string of the molecule is Cc1cncc(OC2CCN(c3ncc(C(F)(F)F)cc3Br)CC2)n1. The lowest BCUT2D eigenvalue weighted by atomic mass is 10.1. The van der Waals surface area contributed by atoms with Crippen molar-refractivity contribution in [3.05, 3.63) is 40.4 Å². The molecule has 5 nitrogen and oxygen atoms in total. The Hall–Kier alpha value is -1.90. The molecule has 9 heteroatoms. The van der Waals surface area contributed by atoms with Gasteiger partial charge in [-0.2, -0.15) is 13.2 Å². The van der Waals surface area contributed by atoms with Crippen LogP contribution in [0.25, 0.3) is 0 Å². The number of ether oxygens (including phenoxy) is 1. The number of rotatable bonds is 3. The third kappa shape index (κ3) is 4.39. The summed E-state index contributed by atoms with van der Waals surface area (Å²) in [6, 6.07) is 1.06. The minimum absolute atomic E-state index is 0.000531. The lowest BCUT2D eigenvalue weighted by Gasteiger charge is -2.33. The molecule has 3 rings (SSSR count). The Kier molecular flexibility index (Phi) is 5.12. The highest BCUT2D eigenvalue weighted by molar-refractivity contribution is 9.10. The molecule has 0 radical (unpaired) electrons. The Morgan fingerprint density at radius 2 is 1.92 bits per heavy atom. The zero-order valence-corrected chi connectivity index (χ0v) is 15.0. The number of halogens is 4. The largest absolute Gasteiger partial charge is 0.473 e. The number of hydrogen-bond donors (Lipinski definition) is 0. The molecule has 0 amide bonds. The van der Waals surface area contributed by atoms with E-state index in [4.69, 9.17) is 4.74 Å². The first-order chi connectivity index (χ1) is 11.8. The Labute approximate surface area is 151 Å². The first-order valence-electron chi connectivity index (χ1n) is 7.76. The summed E-state index contributed by atoms with van der Waals surface area (Å²) in [6.45, 7) is 3.12. The number of aryl methyl sites for hydroxylation is 1. The zero-order valence-electron chi connectivity index (χ0n) is 13.4. The van der Waals surface area contributed by atoms with E-state index < -0.39 is 11.7 Å². The summed E-state index contributed by atoms with van der Waals surface area (Å²) in [5, 5.41) is 0. The molecule has 0 saturated carbocycles. The van der Waals surface area contributed by atoms with Crippen molar-refractivity contribution in [1.82, 2.24) is 15.0 Å². The summed E-state index contributed by atoms with van der Waals surface area (Å²) >= 11 is 3.20. The van der Waals surface area contributed by atoms with Gasteiger partial charge >= 0.3 is 6.18 Å². The van der Waals surface area contributed by atoms with Crippen molar-refractivity contribution < 1.29 is 17.9 Å². The molecule has 0 aliphatic carbocycles. The van der Waals surface area contributed by atoms with Gasteiger partial charge < -0.3 is 9.64 Å². The van der Waals surface area contributed by atoms with Crippen molar-refractivity contribution >= 4 is 21.7 Å². The molecule has 0 unspecified atom stereocenters. The predicted molar refractivity (Wildman–Crippen MR) is 89.6 cm³/mol. The Bertz CT molecular complexity index is 748. The predicted octanol–water partition coefficient (Wildman–Crippen LogP) is 4.01. The lowest BCUT2D eigenvalue weighted by molar-refractivity contribution is -0.137. The van der Waals surface area contributed by atoms with Crippen LogP contribution in [0.1, 0.15) is 24.1 Å². The highest BCUT2D eigenvalue weighted by atomic mass is 79.9. The number of piperidine rings is 1. The monoisotopic (exact) mass is 416 g/mol. The van der Waals surface area contributed by atoms with Crippen LogP contribution >= 0.6 is 15.9 Å². The summed E-state index contributed by atoms with van der Waals surface area (Å²) in [5.41, 5.74) is 0.0205. The van der Waals surface area contributed by atoms with Crippen LogP contribution in [0.15, 0.2) is 29.1 Å². The fourth-order valence-electron chi connectivity index (χ4n) is 2.67. The van der Waals surface area contributed by atoms with Gasteiger partial charge in [0.05, 0.1) is 21.9 Å². The van der Waals surface area contributed by atoms with E-state index in [1.807, 2.05) is 11.8 Å². The molecule has 1 fully saturated rings. The van der Waals surface area contributed by atoms with Crippen molar-refractivity contribution in [1.29, 1.82) is 0 Å². The molecular weight excluding hydrogens is 401 g/mol. The van der Waals surface area contributed by atoms with E-state index in [0.717, 1.165) is 30.8 Å². The quantitative estimate of drug-likeness (QED) is 0.756. The first kappa shape index (κ1) is 17.9. The Morgan fingerprint density at radius 1 is 1.20 bits per heavy atom. The molecule has 134 valence electrons. The van der Waals surface area contributed by atoms with Crippen LogP contribution < -0.4 is 9.64 Å². The summed E-state index contributed by atoms with van der Waals surface area (Å²) < 4.78 is 44.4. The second-order valence-electron chi connectivity index (χ2n) is 5.83. The Morgan fingerprint density at radius 3 is 2.52 bits per heavy atom. The van der Waals surface area contributed by atoms with Crippen LogP contribution in [0.2, 0.25) is 0 Å². The lowest BCUT2D eigenvalue weighted by Crippen LogP contribution is -2.39. The van der Waals surface area contributed by atoms with E-state index >= 15 is 0 Å². The number of anilines is 1. The normalized spacial score (nSPS) is 16.1. The number of alkyl halides is 3. The molecule has 1 aliphatic heterocycles. The highest BCUT2D eigenvalue weighted by Gasteiger charge is 2.32. The van der Waals surface area contributed by atoms with Gasteiger partial charge in [-0.25, -0.2) is 9.97 Å². The van der Waals surface area contributed by atoms with Crippen LogP contribution in [0, 0.1) is 6.92 Å². The third-order valence-corrected chi connectivity index (χ3v) is 4.49. The summed E-state index contributed by atoms with van der Waals surface area (Å²) in [5.74, 6) is 1.01. The summed E-state index contributed by atoms with van der Waals surface area (Å²) in [7, 11) is 0. The van der Waals surface area contributed by atoms with Crippen LogP contribution in [-0.2, 0) is 6.18 Å². The molecule has 0 N–H and O–H groups in total. The maximum Gasteiger partial charge on any atom is 0.417 e. The number of aromatic nitrogens is 3. The number of nitrogens with zero attached hydrogens (tertiary/aromatic N) is 4. The van der Waals surface area contributed by atoms with E-state index in [9.17, 15) is 13.2 Å². The molecule has 0 bridgehead atoms. The smallest absolute Gasteiger partial charge is 0.417 e. The fourth-order valence-corrected chi connectivity index (χ4v) is 3.27. The average molecular weight is 417 g/mol. The maximum atomic E-state index is 12.7. The molecule has 2 aromatic rings. The van der Waals surface area contributed by atoms with Crippen molar-refractivity contribution in [2.45, 2.75) is 32.0 Å². The molecule has 0 atom stereocenters. The van der Waals surface area contributed by atoms with Gasteiger partial charge in [0, 0.05) is 38.3 Å². The van der Waals surface area contributed by atoms with E-state index in [1.54, 1.807) is 12.4 Å². The molecule has 1 aliphatic rings. The van der Waals surface area contributed by atoms with E-state index in [2.05, 4.69) is 30.9 Å². The van der Waals surface area contributed by atoms with Gasteiger partial charge in [-0.15, -0.1) is 0 Å². The van der Waals surface area contributed by atoms with E-state index in [0.29, 0.717) is 29.3 Å². The van der Waals surface area contributed by atoms with Crippen LogP contribution in [-0.4, -0.2) is 34.1 Å². The van der Waals surface area contributed by atoms with Crippen LogP contribution in [0.5, 0.6) is 5.88 Å². The number of hydrogen-bond acceptors (Lipinski definition) is 5. The van der Waals surface area contributed by atoms with Gasteiger partial charge in [0.25, 0.3) is 0 Å². The maximum absolute atomic E-state index is 12.7. The van der Waals surface area contributed by atoms with E-state index in [-0.39, 0.29) is 6.10 Å². The molecule has 25 heavy (non-hydrogen) atoms. The third-order valence-electron chi connectivity index (χ3n) is 3.91. The minimum Gasteiger partial charge on any atom is -0.473 e. The first-order valence-corrected chi connectivity index (χ1v) is 8.55. The van der Waals surface area contributed by atoms with Crippen molar-refractivity contribution in [2.24, 2.45) is 0 Å². The fraction of sp³-hybridized carbons (Fsp3) is 0.438. The van der Waals surface area contributed by atoms with E-state index in [1.165, 1.54) is 0 Å². The van der Waals surface area contributed by atoms with Gasteiger partial charge in [0.1, 0.15) is 11.9 Å². The van der Waals surface area contributed by atoms with Crippen LogP contribution in [0.3, 0.4) is 0 Å². The molecule has 0 aromatic carbocycles.